The molecule has 4 nitrogen and oxygen atoms in total. The molecule has 0 bridgehead atoms. The largest absolute Gasteiger partial charge is 0.305 e. The molecule has 0 unspecified atom stereocenters. The molecule has 0 radical (unpaired) electrons. The number of aromatic nitrogens is 2. The van der Waals surface area contributed by atoms with Crippen molar-refractivity contribution in [3.8, 4) is 0 Å². The number of hydrogen-bond acceptors (Lipinski definition) is 2. The van der Waals surface area contributed by atoms with Gasteiger partial charge in [0, 0.05) is 11.8 Å². The fraction of sp³-hybridized carbons (Fsp3) is 0.231. The predicted molar refractivity (Wildman–Crippen MR) is 66.9 cm³/mol. The first kappa shape index (κ1) is 14.1. The van der Waals surface area contributed by atoms with Crippen LogP contribution in [0.4, 0.5) is 19.0 Å². The Kier molecular flexibility index (Phi) is 4.07. The number of carbonyl (C=O) groups excluding carboxylic acids is 1. The Morgan fingerprint density at radius 2 is 2.05 bits per heavy atom. The van der Waals surface area contributed by atoms with Crippen LogP contribution in [0, 0.1) is 17.5 Å². The number of aryl methyl sites for hydroxylation is 1. The lowest BCUT2D eigenvalue weighted by molar-refractivity contribution is 0.102. The molecule has 0 aliphatic carbocycles. The van der Waals surface area contributed by atoms with Crippen molar-refractivity contribution in [2.24, 2.45) is 0 Å². The van der Waals surface area contributed by atoms with Gasteiger partial charge in [-0.15, -0.1) is 0 Å². The van der Waals surface area contributed by atoms with Crippen molar-refractivity contribution in [2.75, 3.05) is 5.32 Å². The maximum absolute atomic E-state index is 13.4. The minimum atomic E-state index is -1.67. The van der Waals surface area contributed by atoms with Crippen LogP contribution in [0.25, 0.3) is 0 Å². The lowest BCUT2D eigenvalue weighted by atomic mass is 10.2. The number of carbonyl (C=O) groups is 1. The third kappa shape index (κ3) is 2.81. The third-order valence-corrected chi connectivity index (χ3v) is 2.67. The zero-order valence-corrected chi connectivity index (χ0v) is 10.6. The van der Waals surface area contributed by atoms with E-state index in [1.165, 1.54) is 0 Å². The summed E-state index contributed by atoms with van der Waals surface area (Å²) in [6.45, 7) is 1.98. The number of H-pyrrole nitrogens is 1. The Hall–Kier alpha value is -2.31. The monoisotopic (exact) mass is 283 g/mol. The molecule has 2 N–H and O–H groups in total. The van der Waals surface area contributed by atoms with Crippen LogP contribution in [0.1, 0.15) is 29.4 Å². The molecule has 20 heavy (non-hydrogen) atoms. The number of amides is 1. The SMILES string of the molecule is CCCc1cc(NC(=O)c2ccc(F)c(F)c2F)n[nH]1. The van der Waals surface area contributed by atoms with Crippen LogP contribution in [0.2, 0.25) is 0 Å². The van der Waals surface area contributed by atoms with E-state index < -0.39 is 28.9 Å². The fourth-order valence-corrected chi connectivity index (χ4v) is 1.71. The second-order valence-corrected chi connectivity index (χ2v) is 4.21. The van der Waals surface area contributed by atoms with Gasteiger partial charge < -0.3 is 5.32 Å². The maximum atomic E-state index is 13.4. The number of rotatable bonds is 4. The summed E-state index contributed by atoms with van der Waals surface area (Å²) in [7, 11) is 0. The second kappa shape index (κ2) is 5.77. The van der Waals surface area contributed by atoms with Gasteiger partial charge in [0.15, 0.2) is 23.3 Å². The first-order valence-electron chi connectivity index (χ1n) is 6.02. The molecule has 2 aromatic rings. The van der Waals surface area contributed by atoms with Gasteiger partial charge in [0.05, 0.1) is 5.56 Å². The standard InChI is InChI=1S/C13H12F3N3O/c1-2-3-7-6-10(19-18-7)17-13(20)8-4-5-9(14)12(16)11(8)15/h4-6H,2-3H2,1H3,(H2,17,18,19,20). The highest BCUT2D eigenvalue weighted by Crippen LogP contribution is 2.17. The van der Waals surface area contributed by atoms with E-state index in [9.17, 15) is 18.0 Å². The van der Waals surface area contributed by atoms with Gasteiger partial charge in [0.1, 0.15) is 0 Å². The summed E-state index contributed by atoms with van der Waals surface area (Å²) >= 11 is 0. The summed E-state index contributed by atoms with van der Waals surface area (Å²) in [5.74, 6) is -5.24. The zero-order chi connectivity index (χ0) is 14.7. The number of anilines is 1. The van der Waals surface area contributed by atoms with Gasteiger partial charge in [-0.25, -0.2) is 13.2 Å². The second-order valence-electron chi connectivity index (χ2n) is 4.21. The molecule has 106 valence electrons. The van der Waals surface area contributed by atoms with Crippen LogP contribution >= 0.6 is 0 Å². The molecule has 0 saturated carbocycles. The lowest BCUT2D eigenvalue weighted by Gasteiger charge is -2.04. The third-order valence-electron chi connectivity index (χ3n) is 2.67. The number of aromatic amines is 1. The number of nitrogens with one attached hydrogen (secondary N) is 2. The van der Waals surface area contributed by atoms with Crippen molar-refractivity contribution >= 4 is 11.7 Å². The Morgan fingerprint density at radius 3 is 2.75 bits per heavy atom. The first-order valence-corrected chi connectivity index (χ1v) is 6.02. The highest BCUT2D eigenvalue weighted by molar-refractivity contribution is 6.03. The Labute approximate surface area is 113 Å². The Balaban J connectivity index is 2.17. The topological polar surface area (TPSA) is 57.8 Å². The van der Waals surface area contributed by atoms with Crippen LogP contribution in [0.15, 0.2) is 18.2 Å². The molecule has 2 rings (SSSR count). The van der Waals surface area contributed by atoms with Crippen molar-refractivity contribution in [2.45, 2.75) is 19.8 Å². The summed E-state index contributed by atoms with van der Waals surface area (Å²) in [6, 6.07) is 3.17. The van der Waals surface area contributed by atoms with Gasteiger partial charge in [-0.05, 0) is 18.6 Å². The number of hydrogen-bond donors (Lipinski definition) is 2. The van der Waals surface area contributed by atoms with E-state index >= 15 is 0 Å². The summed E-state index contributed by atoms with van der Waals surface area (Å²) in [4.78, 5) is 11.8. The molecule has 1 aromatic heterocycles. The van der Waals surface area contributed by atoms with Crippen molar-refractivity contribution < 1.29 is 18.0 Å². The van der Waals surface area contributed by atoms with Gasteiger partial charge >= 0.3 is 0 Å². The Morgan fingerprint density at radius 1 is 1.30 bits per heavy atom. The zero-order valence-electron chi connectivity index (χ0n) is 10.6. The average molecular weight is 283 g/mol. The van der Waals surface area contributed by atoms with Gasteiger partial charge in [-0.2, -0.15) is 5.10 Å². The van der Waals surface area contributed by atoms with Crippen LogP contribution in [-0.4, -0.2) is 16.1 Å². The molecule has 0 spiro atoms. The van der Waals surface area contributed by atoms with E-state index in [1.54, 1.807) is 6.07 Å². The van der Waals surface area contributed by atoms with Crippen molar-refractivity contribution in [3.63, 3.8) is 0 Å². The van der Waals surface area contributed by atoms with Gasteiger partial charge in [0.2, 0.25) is 0 Å². The van der Waals surface area contributed by atoms with Crippen LogP contribution < -0.4 is 5.32 Å². The van der Waals surface area contributed by atoms with Gasteiger partial charge in [0.25, 0.3) is 5.91 Å². The number of halogens is 3. The van der Waals surface area contributed by atoms with E-state index in [4.69, 9.17) is 0 Å². The molecule has 1 amide bonds. The first-order chi connectivity index (χ1) is 9.52. The molecule has 0 fully saturated rings. The molecule has 1 aromatic carbocycles. The summed E-state index contributed by atoms with van der Waals surface area (Å²) in [5.41, 5.74) is 0.234. The lowest BCUT2D eigenvalue weighted by Crippen LogP contribution is -2.15. The highest BCUT2D eigenvalue weighted by atomic mass is 19.2. The van der Waals surface area contributed by atoms with E-state index in [0.717, 1.165) is 24.6 Å². The van der Waals surface area contributed by atoms with E-state index in [2.05, 4.69) is 15.5 Å². The average Bonchev–Trinajstić information content (AvgIpc) is 2.84. The van der Waals surface area contributed by atoms with Gasteiger partial charge in [-0.1, -0.05) is 13.3 Å². The van der Waals surface area contributed by atoms with Gasteiger partial charge in [-0.3, -0.25) is 9.89 Å². The minimum absolute atomic E-state index is 0.197. The molecule has 7 heteroatoms. The molecular formula is C13H12F3N3O. The maximum Gasteiger partial charge on any atom is 0.259 e. The normalized spacial score (nSPS) is 10.6. The van der Waals surface area contributed by atoms with Crippen molar-refractivity contribution in [1.82, 2.24) is 10.2 Å². The van der Waals surface area contributed by atoms with Crippen molar-refractivity contribution in [3.05, 3.63) is 46.9 Å². The molecule has 1 heterocycles. The molecule has 0 saturated heterocycles. The fourth-order valence-electron chi connectivity index (χ4n) is 1.71. The number of nitrogens with zero attached hydrogens (tertiary/aromatic N) is 1. The summed E-state index contributed by atoms with van der Waals surface area (Å²) in [5, 5.41) is 8.84. The van der Waals surface area contributed by atoms with E-state index in [-0.39, 0.29) is 5.82 Å². The molecule has 0 atom stereocenters. The van der Waals surface area contributed by atoms with Crippen LogP contribution in [0.3, 0.4) is 0 Å². The smallest absolute Gasteiger partial charge is 0.259 e. The minimum Gasteiger partial charge on any atom is -0.305 e. The Bertz CT molecular complexity index is 640. The highest BCUT2D eigenvalue weighted by Gasteiger charge is 2.19. The molecule has 0 aliphatic heterocycles. The molecule has 0 aliphatic rings. The molecular weight excluding hydrogens is 271 g/mol. The van der Waals surface area contributed by atoms with Crippen LogP contribution in [-0.2, 0) is 6.42 Å². The predicted octanol–water partition coefficient (Wildman–Crippen LogP) is 3.03. The summed E-state index contributed by atoms with van der Waals surface area (Å²) in [6.07, 6.45) is 1.65. The van der Waals surface area contributed by atoms with E-state index in [1.807, 2.05) is 6.92 Å². The number of benzene rings is 1. The summed E-state index contributed by atoms with van der Waals surface area (Å²) < 4.78 is 39.3. The van der Waals surface area contributed by atoms with E-state index in [0.29, 0.717) is 6.07 Å². The quantitative estimate of drug-likeness (QED) is 0.847. The van der Waals surface area contributed by atoms with Crippen molar-refractivity contribution in [1.29, 1.82) is 0 Å². The van der Waals surface area contributed by atoms with Crippen LogP contribution in [0.5, 0.6) is 0 Å².